The van der Waals surface area contributed by atoms with Crippen LogP contribution >= 0.6 is 0 Å². The fourth-order valence-electron chi connectivity index (χ4n) is 5.32. The third-order valence-corrected chi connectivity index (χ3v) is 7.70. The van der Waals surface area contributed by atoms with Gasteiger partial charge in [0.15, 0.2) is 0 Å². The van der Waals surface area contributed by atoms with Crippen molar-refractivity contribution in [3.63, 3.8) is 0 Å². The number of amides is 2. The van der Waals surface area contributed by atoms with Crippen LogP contribution in [-0.2, 0) is 14.4 Å². The molecule has 1 aliphatic carbocycles. The lowest BCUT2D eigenvalue weighted by molar-refractivity contribution is -0.151. The normalized spacial score (nSPS) is 22.1. The molecular formula is C29H37N3O4. The van der Waals surface area contributed by atoms with E-state index >= 15 is 0 Å². The van der Waals surface area contributed by atoms with Crippen LogP contribution in [0.3, 0.4) is 0 Å². The summed E-state index contributed by atoms with van der Waals surface area (Å²) in [5, 5.41) is 12.4. The molecule has 1 fully saturated rings. The monoisotopic (exact) mass is 491 g/mol. The van der Waals surface area contributed by atoms with Crippen LogP contribution < -0.4 is 5.32 Å². The number of hydrogen-bond acceptors (Lipinski definition) is 4. The highest BCUT2D eigenvalue weighted by Gasteiger charge is 2.35. The summed E-state index contributed by atoms with van der Waals surface area (Å²) in [6.07, 6.45) is 10.1. The predicted molar refractivity (Wildman–Crippen MR) is 140 cm³/mol. The van der Waals surface area contributed by atoms with Gasteiger partial charge in [-0.15, -0.1) is 0 Å². The maximum absolute atomic E-state index is 13.1. The summed E-state index contributed by atoms with van der Waals surface area (Å²) in [4.78, 5) is 41.0. The third-order valence-electron chi connectivity index (χ3n) is 7.70. The van der Waals surface area contributed by atoms with Crippen molar-refractivity contribution in [3.8, 4) is 0 Å². The average Bonchev–Trinajstić information content (AvgIpc) is 3.24. The summed E-state index contributed by atoms with van der Waals surface area (Å²) >= 11 is 0. The minimum absolute atomic E-state index is 0.0151. The molecule has 192 valence electrons. The second-order valence-electron chi connectivity index (χ2n) is 10.7. The van der Waals surface area contributed by atoms with Gasteiger partial charge < -0.3 is 20.2 Å². The van der Waals surface area contributed by atoms with Gasteiger partial charge in [-0.25, -0.2) is 0 Å². The molecule has 1 aromatic rings. The Balaban J connectivity index is 1.33. The number of anilines is 1. The Morgan fingerprint density at radius 2 is 1.78 bits per heavy atom. The molecule has 2 amide bonds. The minimum Gasteiger partial charge on any atom is -0.481 e. The summed E-state index contributed by atoms with van der Waals surface area (Å²) in [7, 11) is 0. The zero-order chi connectivity index (χ0) is 26.0. The standard InChI is InChI=1S/C29H37N3O4/c1-5-32-24-8-6-7-19(2)23(24)17-25(32)27(34)30-22-11-9-20(10-12-22)21-13-15-31(16-14-21)26(33)18-29(3,4)28(35)36/h6-12,17,19,21,25H,5,13-16,18H2,1-4H3,(H,30,34)(H,35,36). The lowest BCUT2D eigenvalue weighted by Gasteiger charge is -2.34. The highest BCUT2D eigenvalue weighted by Crippen LogP contribution is 2.36. The maximum Gasteiger partial charge on any atom is 0.309 e. The molecule has 1 saturated heterocycles. The van der Waals surface area contributed by atoms with Gasteiger partial charge in [0.1, 0.15) is 6.04 Å². The van der Waals surface area contributed by atoms with Gasteiger partial charge in [-0.1, -0.05) is 31.2 Å². The number of carbonyl (C=O) groups excluding carboxylic acids is 2. The van der Waals surface area contributed by atoms with Crippen molar-refractivity contribution >= 4 is 23.5 Å². The maximum atomic E-state index is 13.1. The summed E-state index contributed by atoms with van der Waals surface area (Å²) in [6, 6.07) is 7.71. The summed E-state index contributed by atoms with van der Waals surface area (Å²) in [6.45, 7) is 9.42. The first kappa shape index (κ1) is 25.7. The third kappa shape index (κ3) is 5.25. The largest absolute Gasteiger partial charge is 0.481 e. The number of hydrogen-bond donors (Lipinski definition) is 2. The van der Waals surface area contributed by atoms with Crippen molar-refractivity contribution in [1.29, 1.82) is 0 Å². The van der Waals surface area contributed by atoms with Crippen LogP contribution in [0.25, 0.3) is 0 Å². The van der Waals surface area contributed by atoms with Crippen LogP contribution in [-0.4, -0.2) is 58.4 Å². The fourth-order valence-corrected chi connectivity index (χ4v) is 5.32. The highest BCUT2D eigenvalue weighted by atomic mass is 16.4. The highest BCUT2D eigenvalue weighted by molar-refractivity contribution is 5.97. The van der Waals surface area contributed by atoms with Crippen molar-refractivity contribution in [2.45, 2.75) is 58.9 Å². The number of likely N-dealkylation sites (N-methyl/N-ethyl adjacent to an activating group) is 1. The van der Waals surface area contributed by atoms with E-state index in [9.17, 15) is 19.5 Å². The SMILES string of the molecule is CCN1C2=CC=CC(C)C2=CC1C(=O)Nc1ccc(C2CCN(C(=O)CC(C)(C)C(=O)O)CC2)cc1. The Kier molecular flexibility index (Phi) is 7.38. The van der Waals surface area contributed by atoms with Crippen molar-refractivity contribution in [2.24, 2.45) is 11.3 Å². The van der Waals surface area contributed by atoms with E-state index in [0.29, 0.717) is 24.9 Å². The molecule has 0 saturated carbocycles. The summed E-state index contributed by atoms with van der Waals surface area (Å²) in [5.41, 5.74) is 3.27. The molecule has 2 unspecified atom stereocenters. The van der Waals surface area contributed by atoms with Crippen molar-refractivity contribution < 1.29 is 19.5 Å². The van der Waals surface area contributed by atoms with Crippen LogP contribution in [0.1, 0.15) is 58.4 Å². The predicted octanol–water partition coefficient (Wildman–Crippen LogP) is 4.55. The summed E-state index contributed by atoms with van der Waals surface area (Å²) in [5.74, 6) is -0.433. The van der Waals surface area contributed by atoms with Gasteiger partial charge in [0, 0.05) is 43.4 Å². The molecule has 0 aromatic heterocycles. The second-order valence-corrected chi connectivity index (χ2v) is 10.7. The van der Waals surface area contributed by atoms with E-state index < -0.39 is 11.4 Å². The number of carbonyl (C=O) groups is 3. The summed E-state index contributed by atoms with van der Waals surface area (Å²) < 4.78 is 0. The van der Waals surface area contributed by atoms with Crippen molar-refractivity contribution in [3.05, 3.63) is 65.4 Å². The van der Waals surface area contributed by atoms with E-state index in [0.717, 1.165) is 30.8 Å². The lowest BCUT2D eigenvalue weighted by Crippen LogP contribution is -2.41. The van der Waals surface area contributed by atoms with Gasteiger partial charge in [-0.2, -0.15) is 0 Å². The van der Waals surface area contributed by atoms with Gasteiger partial charge in [-0.3, -0.25) is 14.4 Å². The Morgan fingerprint density at radius 3 is 2.39 bits per heavy atom. The molecular weight excluding hydrogens is 454 g/mol. The average molecular weight is 492 g/mol. The molecule has 7 nitrogen and oxygen atoms in total. The van der Waals surface area contributed by atoms with Crippen LogP contribution in [0, 0.1) is 11.3 Å². The fraction of sp³-hybridized carbons (Fsp3) is 0.483. The number of aliphatic carboxylic acids is 1. The van der Waals surface area contributed by atoms with E-state index in [1.165, 1.54) is 11.1 Å². The van der Waals surface area contributed by atoms with Gasteiger partial charge in [0.05, 0.1) is 5.41 Å². The number of likely N-dealkylation sites (tertiary alicyclic amines) is 1. The zero-order valence-corrected chi connectivity index (χ0v) is 21.7. The molecule has 0 radical (unpaired) electrons. The number of carboxylic acid groups (broad SMARTS) is 1. The quantitative estimate of drug-likeness (QED) is 0.584. The first-order valence-corrected chi connectivity index (χ1v) is 12.9. The lowest BCUT2D eigenvalue weighted by atomic mass is 9.86. The van der Waals surface area contributed by atoms with Gasteiger partial charge in [0.2, 0.25) is 5.91 Å². The van der Waals surface area contributed by atoms with Crippen LogP contribution in [0.5, 0.6) is 0 Å². The molecule has 2 N–H and O–H groups in total. The van der Waals surface area contributed by atoms with Gasteiger partial charge in [-0.05, 0) is 75.0 Å². The zero-order valence-electron chi connectivity index (χ0n) is 21.7. The van der Waals surface area contributed by atoms with Gasteiger partial charge >= 0.3 is 5.97 Å². The van der Waals surface area contributed by atoms with E-state index in [-0.39, 0.29) is 24.3 Å². The molecule has 36 heavy (non-hydrogen) atoms. The number of carboxylic acids is 1. The van der Waals surface area contributed by atoms with Gasteiger partial charge in [0.25, 0.3) is 5.91 Å². The Hall–Kier alpha value is -3.35. The van der Waals surface area contributed by atoms with E-state index in [4.69, 9.17) is 0 Å². The molecule has 2 aliphatic heterocycles. The Labute approximate surface area is 213 Å². The van der Waals surface area contributed by atoms with E-state index in [1.807, 2.05) is 12.1 Å². The number of rotatable bonds is 7. The Bertz CT molecular complexity index is 1110. The molecule has 4 rings (SSSR count). The number of nitrogens with one attached hydrogen (secondary N) is 1. The topological polar surface area (TPSA) is 90.0 Å². The number of benzene rings is 1. The smallest absolute Gasteiger partial charge is 0.309 e. The molecule has 0 spiro atoms. The number of nitrogens with zero attached hydrogens (tertiary/aromatic N) is 2. The molecule has 0 bridgehead atoms. The number of fused-ring (bicyclic) bond motifs is 1. The molecule has 1 aromatic carbocycles. The molecule has 3 aliphatic rings. The minimum atomic E-state index is -1.05. The first-order valence-electron chi connectivity index (χ1n) is 12.9. The molecule has 2 atom stereocenters. The first-order chi connectivity index (χ1) is 17.1. The van der Waals surface area contributed by atoms with Crippen LogP contribution in [0.4, 0.5) is 5.69 Å². The molecule has 2 heterocycles. The number of allylic oxidation sites excluding steroid dienone is 4. The van der Waals surface area contributed by atoms with Crippen LogP contribution in [0.2, 0.25) is 0 Å². The van der Waals surface area contributed by atoms with E-state index in [1.54, 1.807) is 18.7 Å². The Morgan fingerprint density at radius 1 is 1.11 bits per heavy atom. The molecule has 7 heteroatoms. The van der Waals surface area contributed by atoms with E-state index in [2.05, 4.69) is 60.5 Å². The second kappa shape index (κ2) is 10.3. The van der Waals surface area contributed by atoms with Crippen molar-refractivity contribution in [1.82, 2.24) is 9.80 Å². The van der Waals surface area contributed by atoms with Crippen LogP contribution in [0.15, 0.2) is 59.8 Å². The van der Waals surface area contributed by atoms with Crippen molar-refractivity contribution in [2.75, 3.05) is 25.0 Å². The number of piperidine rings is 1.